The molecule has 1 fully saturated rings. The van der Waals surface area contributed by atoms with E-state index in [1.807, 2.05) is 6.92 Å². The Balaban J connectivity index is 2.48. The summed E-state index contributed by atoms with van der Waals surface area (Å²) in [6.45, 7) is 8.19. The number of likely N-dealkylation sites (tertiary alicyclic amines) is 1. The van der Waals surface area contributed by atoms with Crippen LogP contribution in [-0.2, 0) is 0 Å². The number of rotatable bonds is 4. The van der Waals surface area contributed by atoms with Gasteiger partial charge in [-0.25, -0.2) is 0 Å². The summed E-state index contributed by atoms with van der Waals surface area (Å²) in [5.41, 5.74) is 6.05. The van der Waals surface area contributed by atoms with Crippen molar-refractivity contribution in [3.8, 4) is 0 Å². The topological polar surface area (TPSA) is 49.5 Å². The van der Waals surface area contributed by atoms with E-state index in [-0.39, 0.29) is 11.5 Å². The molecule has 0 aromatic heterocycles. The molecule has 0 radical (unpaired) electrons. The first-order valence-electron chi connectivity index (χ1n) is 5.72. The van der Waals surface area contributed by atoms with Gasteiger partial charge in [-0.15, -0.1) is 0 Å². The number of nitrogens with zero attached hydrogens (tertiary/aromatic N) is 1. The average molecular weight is 200 g/mol. The highest BCUT2D eigenvalue weighted by molar-refractivity contribution is 4.87. The van der Waals surface area contributed by atoms with Crippen LogP contribution in [0.2, 0.25) is 0 Å². The number of aliphatic hydroxyl groups is 1. The molecule has 0 aromatic carbocycles. The second-order valence-corrected chi connectivity index (χ2v) is 4.69. The van der Waals surface area contributed by atoms with E-state index in [2.05, 4.69) is 11.8 Å². The van der Waals surface area contributed by atoms with Crippen LogP contribution < -0.4 is 5.73 Å². The molecular weight excluding hydrogens is 176 g/mol. The summed E-state index contributed by atoms with van der Waals surface area (Å²) in [6.07, 6.45) is 2.93. The molecule has 0 aliphatic carbocycles. The summed E-state index contributed by atoms with van der Waals surface area (Å²) >= 11 is 0. The van der Waals surface area contributed by atoms with Crippen molar-refractivity contribution < 1.29 is 5.11 Å². The Morgan fingerprint density at radius 3 is 2.36 bits per heavy atom. The first kappa shape index (κ1) is 12.0. The molecule has 1 aliphatic rings. The molecule has 0 bridgehead atoms. The molecule has 14 heavy (non-hydrogen) atoms. The third-order valence-electron chi connectivity index (χ3n) is 3.53. The van der Waals surface area contributed by atoms with E-state index in [1.54, 1.807) is 0 Å². The molecule has 3 nitrogen and oxygen atoms in total. The van der Waals surface area contributed by atoms with Crippen LogP contribution in [0.4, 0.5) is 0 Å². The molecule has 0 amide bonds. The molecule has 3 heteroatoms. The Morgan fingerprint density at radius 2 is 2.00 bits per heavy atom. The van der Waals surface area contributed by atoms with Gasteiger partial charge < -0.3 is 15.7 Å². The number of nitrogens with two attached hydrogens (primary N) is 1. The fourth-order valence-corrected chi connectivity index (χ4v) is 2.46. The third kappa shape index (κ3) is 2.94. The molecule has 0 saturated carbocycles. The lowest BCUT2D eigenvalue weighted by molar-refractivity contribution is 0.0552. The fourth-order valence-electron chi connectivity index (χ4n) is 2.46. The van der Waals surface area contributed by atoms with Gasteiger partial charge in [0.25, 0.3) is 0 Å². The summed E-state index contributed by atoms with van der Waals surface area (Å²) in [5.74, 6) is 0. The highest BCUT2D eigenvalue weighted by atomic mass is 16.3. The Morgan fingerprint density at radius 1 is 1.43 bits per heavy atom. The first-order chi connectivity index (χ1) is 6.62. The van der Waals surface area contributed by atoms with Gasteiger partial charge in [-0.3, -0.25) is 0 Å². The molecule has 0 spiro atoms. The minimum absolute atomic E-state index is 0.208. The number of hydrogen-bond acceptors (Lipinski definition) is 3. The van der Waals surface area contributed by atoms with E-state index in [9.17, 15) is 5.11 Å². The van der Waals surface area contributed by atoms with Crippen molar-refractivity contribution in [3.63, 3.8) is 0 Å². The second kappa shape index (κ2) is 5.10. The zero-order valence-electron chi connectivity index (χ0n) is 9.50. The standard InChI is InChI=1S/C11H24N2O/c1-3-13-6-4-11(9-12,5-7-13)8-10(2)14/h10,14H,3-9,12H2,1-2H3. The highest BCUT2D eigenvalue weighted by Gasteiger charge is 2.33. The van der Waals surface area contributed by atoms with Gasteiger partial charge in [0.05, 0.1) is 6.10 Å². The van der Waals surface area contributed by atoms with Crippen LogP contribution in [0.25, 0.3) is 0 Å². The first-order valence-corrected chi connectivity index (χ1v) is 5.72. The van der Waals surface area contributed by atoms with E-state index in [4.69, 9.17) is 5.73 Å². The smallest absolute Gasteiger partial charge is 0.0517 e. The zero-order valence-corrected chi connectivity index (χ0v) is 9.50. The molecular formula is C11H24N2O. The minimum Gasteiger partial charge on any atom is -0.393 e. The molecule has 1 rings (SSSR count). The summed E-state index contributed by atoms with van der Waals surface area (Å²) in [4.78, 5) is 2.45. The predicted molar refractivity (Wildman–Crippen MR) is 59.1 cm³/mol. The molecule has 3 N–H and O–H groups in total. The van der Waals surface area contributed by atoms with Crippen LogP contribution in [0.3, 0.4) is 0 Å². The summed E-state index contributed by atoms with van der Waals surface area (Å²) < 4.78 is 0. The SMILES string of the molecule is CCN1CCC(CN)(CC(C)O)CC1. The van der Waals surface area contributed by atoms with Gasteiger partial charge in [0.1, 0.15) is 0 Å². The van der Waals surface area contributed by atoms with Crippen molar-refractivity contribution in [2.24, 2.45) is 11.1 Å². The maximum Gasteiger partial charge on any atom is 0.0517 e. The van der Waals surface area contributed by atoms with Gasteiger partial charge in [-0.05, 0) is 57.8 Å². The van der Waals surface area contributed by atoms with E-state index >= 15 is 0 Å². The van der Waals surface area contributed by atoms with Gasteiger partial charge in [-0.1, -0.05) is 6.92 Å². The van der Waals surface area contributed by atoms with Gasteiger partial charge >= 0.3 is 0 Å². The lowest BCUT2D eigenvalue weighted by atomic mass is 9.74. The third-order valence-corrected chi connectivity index (χ3v) is 3.53. The lowest BCUT2D eigenvalue weighted by Gasteiger charge is -2.41. The summed E-state index contributed by atoms with van der Waals surface area (Å²) in [6, 6.07) is 0. The Labute approximate surface area is 87.3 Å². The average Bonchev–Trinajstić information content (AvgIpc) is 2.18. The van der Waals surface area contributed by atoms with Crippen LogP contribution in [0, 0.1) is 5.41 Å². The lowest BCUT2D eigenvalue weighted by Crippen LogP contribution is -2.45. The van der Waals surface area contributed by atoms with Gasteiger partial charge in [0.2, 0.25) is 0 Å². The van der Waals surface area contributed by atoms with E-state index < -0.39 is 0 Å². The fraction of sp³-hybridized carbons (Fsp3) is 1.00. The van der Waals surface area contributed by atoms with Crippen LogP contribution >= 0.6 is 0 Å². The van der Waals surface area contributed by atoms with E-state index in [1.165, 1.54) is 0 Å². The van der Waals surface area contributed by atoms with Crippen molar-refractivity contribution in [1.82, 2.24) is 4.90 Å². The number of hydrogen-bond donors (Lipinski definition) is 2. The van der Waals surface area contributed by atoms with Gasteiger partial charge in [0, 0.05) is 0 Å². The molecule has 84 valence electrons. The van der Waals surface area contributed by atoms with Crippen LogP contribution in [0.5, 0.6) is 0 Å². The molecule has 0 aromatic rings. The maximum absolute atomic E-state index is 9.45. The van der Waals surface area contributed by atoms with Crippen molar-refractivity contribution in [2.45, 2.75) is 39.2 Å². The van der Waals surface area contributed by atoms with Crippen molar-refractivity contribution in [2.75, 3.05) is 26.2 Å². The van der Waals surface area contributed by atoms with E-state index in [0.717, 1.165) is 45.4 Å². The molecule has 1 atom stereocenters. The monoisotopic (exact) mass is 200 g/mol. The molecule has 1 aliphatic heterocycles. The van der Waals surface area contributed by atoms with Crippen molar-refractivity contribution in [3.05, 3.63) is 0 Å². The highest BCUT2D eigenvalue weighted by Crippen LogP contribution is 2.34. The zero-order chi connectivity index (χ0) is 10.6. The maximum atomic E-state index is 9.45. The Bertz CT molecular complexity index is 163. The summed E-state index contributed by atoms with van der Waals surface area (Å²) in [5, 5.41) is 9.45. The molecule has 1 unspecified atom stereocenters. The second-order valence-electron chi connectivity index (χ2n) is 4.69. The number of aliphatic hydroxyl groups excluding tert-OH is 1. The quantitative estimate of drug-likeness (QED) is 0.706. The van der Waals surface area contributed by atoms with E-state index in [0.29, 0.717) is 0 Å². The van der Waals surface area contributed by atoms with Crippen LogP contribution in [0.15, 0.2) is 0 Å². The van der Waals surface area contributed by atoms with Crippen molar-refractivity contribution in [1.29, 1.82) is 0 Å². The molecule has 1 heterocycles. The van der Waals surface area contributed by atoms with Gasteiger partial charge in [0.15, 0.2) is 0 Å². The molecule has 1 saturated heterocycles. The summed E-state index contributed by atoms with van der Waals surface area (Å²) in [7, 11) is 0. The Hall–Kier alpha value is -0.120. The van der Waals surface area contributed by atoms with Crippen LogP contribution in [-0.4, -0.2) is 42.3 Å². The predicted octanol–water partition coefficient (Wildman–Crippen LogP) is 0.818. The van der Waals surface area contributed by atoms with Crippen LogP contribution in [0.1, 0.15) is 33.1 Å². The Kier molecular flexibility index (Phi) is 4.35. The van der Waals surface area contributed by atoms with Crippen molar-refractivity contribution >= 4 is 0 Å². The van der Waals surface area contributed by atoms with Gasteiger partial charge in [-0.2, -0.15) is 0 Å². The minimum atomic E-state index is -0.216. The largest absolute Gasteiger partial charge is 0.393 e. The normalized spacial score (nSPS) is 24.9. The number of piperidine rings is 1.